The molecule has 8 aromatic carbocycles. The van der Waals surface area contributed by atoms with Gasteiger partial charge in [-0.2, -0.15) is 0 Å². The van der Waals surface area contributed by atoms with Crippen LogP contribution in [0.3, 0.4) is 0 Å². The smallest absolute Gasteiger partial charge is 0.129 e. The lowest BCUT2D eigenvalue weighted by Crippen LogP contribution is -2.17. The molecular formula is C56H47ClN2O. The van der Waals surface area contributed by atoms with Crippen LogP contribution in [-0.2, 0) is 10.8 Å². The van der Waals surface area contributed by atoms with E-state index < -0.39 is 0 Å². The van der Waals surface area contributed by atoms with E-state index in [1.807, 2.05) is 18.2 Å². The predicted molar refractivity (Wildman–Crippen MR) is 255 cm³/mol. The zero-order chi connectivity index (χ0) is 41.3. The van der Waals surface area contributed by atoms with Gasteiger partial charge in [0, 0.05) is 32.1 Å². The summed E-state index contributed by atoms with van der Waals surface area (Å²) in [7, 11) is 0. The number of hydrogen-bond acceptors (Lipinski definition) is 1. The molecule has 0 spiro atoms. The van der Waals surface area contributed by atoms with Crippen molar-refractivity contribution in [3.05, 3.63) is 192 Å². The molecule has 4 heteroatoms. The van der Waals surface area contributed by atoms with Gasteiger partial charge in [0.2, 0.25) is 0 Å². The molecule has 0 unspecified atom stereocenters. The molecule has 0 radical (unpaired) electrons. The number of aromatic nitrogens is 2. The first-order chi connectivity index (χ1) is 28.9. The van der Waals surface area contributed by atoms with Gasteiger partial charge in [0.15, 0.2) is 0 Å². The molecule has 0 aliphatic heterocycles. The number of fused-ring (bicyclic) bond motifs is 6. The summed E-state index contributed by atoms with van der Waals surface area (Å²) in [6, 6.07) is 63.0. The number of hydrogen-bond donors (Lipinski definition) is 0. The number of ether oxygens (including phenoxy) is 1. The highest BCUT2D eigenvalue weighted by molar-refractivity contribution is 6.31. The maximum atomic E-state index is 6.90. The van der Waals surface area contributed by atoms with E-state index in [4.69, 9.17) is 16.3 Å². The Labute approximate surface area is 357 Å². The molecule has 0 aliphatic carbocycles. The summed E-state index contributed by atoms with van der Waals surface area (Å²) >= 11 is 6.90. The van der Waals surface area contributed by atoms with Crippen LogP contribution in [0, 0.1) is 0 Å². The molecule has 294 valence electrons. The van der Waals surface area contributed by atoms with Crippen LogP contribution in [0.15, 0.2) is 176 Å². The van der Waals surface area contributed by atoms with Gasteiger partial charge in [0.25, 0.3) is 0 Å². The molecule has 0 atom stereocenters. The van der Waals surface area contributed by atoms with Crippen LogP contribution < -0.4 is 4.74 Å². The number of rotatable bonds is 6. The molecule has 0 saturated carbocycles. The van der Waals surface area contributed by atoms with Crippen LogP contribution in [-0.4, -0.2) is 9.13 Å². The van der Waals surface area contributed by atoms with Crippen molar-refractivity contribution in [2.75, 3.05) is 0 Å². The Hall–Kier alpha value is -6.55. The highest BCUT2D eigenvalue weighted by Gasteiger charge is 2.25. The van der Waals surface area contributed by atoms with Crippen molar-refractivity contribution in [3.63, 3.8) is 0 Å². The fourth-order valence-electron chi connectivity index (χ4n) is 9.05. The standard InChI is InChI=1S/C56H47ClN2O/c1-55(2,3)38-29-30-42(48(34-38)56(4,5)6)37-31-39(57)35-41(33-37)60-40-18-15-17-36(32-40)43-23-16-28-53(58-49-24-11-7-19-44(49)45-20-8-12-25-50(45)58)54(43)59-51-26-13-9-21-46(51)47-22-10-14-27-52(47)59/h7-35H,1-6H3. The molecule has 2 heterocycles. The molecule has 60 heavy (non-hydrogen) atoms. The summed E-state index contributed by atoms with van der Waals surface area (Å²) in [4.78, 5) is 0. The molecule has 0 saturated heterocycles. The van der Waals surface area contributed by atoms with E-state index in [-0.39, 0.29) is 10.8 Å². The van der Waals surface area contributed by atoms with Gasteiger partial charge in [-0.25, -0.2) is 0 Å². The molecule has 0 aliphatic rings. The normalized spacial score (nSPS) is 12.2. The third-order valence-corrected chi connectivity index (χ3v) is 12.1. The van der Waals surface area contributed by atoms with Crippen molar-refractivity contribution >= 4 is 55.2 Å². The molecule has 2 aromatic heterocycles. The first-order valence-electron chi connectivity index (χ1n) is 20.8. The van der Waals surface area contributed by atoms with Gasteiger partial charge in [-0.05, 0) is 99.3 Å². The summed E-state index contributed by atoms with van der Waals surface area (Å²) in [6.07, 6.45) is 0. The maximum Gasteiger partial charge on any atom is 0.129 e. The second-order valence-corrected chi connectivity index (χ2v) is 18.4. The van der Waals surface area contributed by atoms with E-state index in [1.165, 1.54) is 32.7 Å². The summed E-state index contributed by atoms with van der Waals surface area (Å²) in [6.45, 7) is 13.6. The lowest BCUT2D eigenvalue weighted by molar-refractivity contribution is 0.483. The van der Waals surface area contributed by atoms with E-state index in [9.17, 15) is 0 Å². The fourth-order valence-corrected chi connectivity index (χ4v) is 9.27. The van der Waals surface area contributed by atoms with Gasteiger partial charge in [0.1, 0.15) is 11.5 Å². The Balaban J connectivity index is 1.16. The van der Waals surface area contributed by atoms with E-state index in [1.54, 1.807) is 0 Å². The fraction of sp³-hybridized carbons (Fsp3) is 0.143. The number of benzene rings is 8. The van der Waals surface area contributed by atoms with Crippen LogP contribution in [0.1, 0.15) is 52.7 Å². The van der Waals surface area contributed by atoms with Crippen LogP contribution in [0.2, 0.25) is 5.02 Å². The highest BCUT2D eigenvalue weighted by atomic mass is 35.5. The molecule has 10 aromatic rings. The molecule has 0 fully saturated rings. The Bertz CT molecular complexity index is 3170. The first kappa shape index (κ1) is 37.7. The Morgan fingerprint density at radius 3 is 1.52 bits per heavy atom. The van der Waals surface area contributed by atoms with Crippen molar-refractivity contribution in [2.24, 2.45) is 0 Å². The molecule has 10 rings (SSSR count). The number of halogens is 1. The van der Waals surface area contributed by atoms with Crippen molar-refractivity contribution in [1.29, 1.82) is 0 Å². The van der Waals surface area contributed by atoms with Gasteiger partial charge in [0.05, 0.1) is 33.4 Å². The average Bonchev–Trinajstić information content (AvgIpc) is 3.75. The topological polar surface area (TPSA) is 19.1 Å². The van der Waals surface area contributed by atoms with E-state index >= 15 is 0 Å². The molecule has 0 amide bonds. The second-order valence-electron chi connectivity index (χ2n) is 18.0. The van der Waals surface area contributed by atoms with Crippen LogP contribution in [0.25, 0.3) is 77.2 Å². The van der Waals surface area contributed by atoms with Crippen LogP contribution >= 0.6 is 11.6 Å². The zero-order valence-electron chi connectivity index (χ0n) is 34.9. The van der Waals surface area contributed by atoms with Gasteiger partial charge in [-0.1, -0.05) is 168 Å². The van der Waals surface area contributed by atoms with Gasteiger partial charge < -0.3 is 13.9 Å². The second kappa shape index (κ2) is 14.3. The number of nitrogens with zero attached hydrogens (tertiary/aromatic N) is 2. The summed E-state index contributed by atoms with van der Waals surface area (Å²) in [5.74, 6) is 1.42. The third kappa shape index (κ3) is 6.45. The highest BCUT2D eigenvalue weighted by Crippen LogP contribution is 2.44. The van der Waals surface area contributed by atoms with Gasteiger partial charge in [-0.3, -0.25) is 0 Å². The SMILES string of the molecule is CC(C)(C)c1ccc(-c2cc(Cl)cc(Oc3cccc(-c4cccc(-n5c6ccccc6c6ccccc65)c4-n4c5ccccc5c5ccccc54)c3)c2)c(C(C)(C)C)c1. The quantitative estimate of drug-likeness (QED) is 0.164. The largest absolute Gasteiger partial charge is 0.457 e. The van der Waals surface area contributed by atoms with E-state index in [0.717, 1.165) is 61.4 Å². The molecule has 0 N–H and O–H groups in total. The molecule has 3 nitrogen and oxygen atoms in total. The van der Waals surface area contributed by atoms with Gasteiger partial charge >= 0.3 is 0 Å². The lowest BCUT2D eigenvalue weighted by Gasteiger charge is -2.28. The maximum absolute atomic E-state index is 6.90. The number of para-hydroxylation sites is 5. The van der Waals surface area contributed by atoms with Crippen molar-refractivity contribution in [3.8, 4) is 45.1 Å². The predicted octanol–water partition coefficient (Wildman–Crippen LogP) is 16.3. The molecular weight excluding hydrogens is 752 g/mol. The van der Waals surface area contributed by atoms with E-state index in [2.05, 4.69) is 208 Å². The van der Waals surface area contributed by atoms with Crippen LogP contribution in [0.4, 0.5) is 0 Å². The van der Waals surface area contributed by atoms with Crippen molar-refractivity contribution in [2.45, 2.75) is 52.4 Å². The monoisotopic (exact) mass is 798 g/mol. The average molecular weight is 799 g/mol. The first-order valence-corrected chi connectivity index (χ1v) is 21.2. The lowest BCUT2D eigenvalue weighted by atomic mass is 9.77. The zero-order valence-corrected chi connectivity index (χ0v) is 35.7. The van der Waals surface area contributed by atoms with Gasteiger partial charge in [-0.15, -0.1) is 0 Å². The Morgan fingerprint density at radius 1 is 0.417 bits per heavy atom. The Morgan fingerprint density at radius 2 is 0.950 bits per heavy atom. The van der Waals surface area contributed by atoms with Crippen LogP contribution in [0.5, 0.6) is 11.5 Å². The third-order valence-electron chi connectivity index (χ3n) is 11.9. The summed E-state index contributed by atoms with van der Waals surface area (Å²) in [5, 5.41) is 5.51. The minimum absolute atomic E-state index is 0.0382. The summed E-state index contributed by atoms with van der Waals surface area (Å²) < 4.78 is 11.7. The Kier molecular flexibility index (Phi) is 9.00. The van der Waals surface area contributed by atoms with Crippen molar-refractivity contribution in [1.82, 2.24) is 9.13 Å². The summed E-state index contributed by atoms with van der Waals surface area (Å²) in [5.41, 5.74) is 13.7. The molecule has 0 bridgehead atoms. The van der Waals surface area contributed by atoms with Crippen molar-refractivity contribution < 1.29 is 4.74 Å². The minimum Gasteiger partial charge on any atom is -0.457 e. The van der Waals surface area contributed by atoms with E-state index in [0.29, 0.717) is 10.8 Å². The minimum atomic E-state index is -0.0733.